The third kappa shape index (κ3) is 4.55. The molecule has 0 saturated carbocycles. The zero-order chi connectivity index (χ0) is 15.8. The lowest BCUT2D eigenvalue weighted by Crippen LogP contribution is -2.36. The number of nitriles is 1. The molecule has 118 valence electrons. The summed E-state index contributed by atoms with van der Waals surface area (Å²) in [6.45, 7) is 2.34. The highest BCUT2D eigenvalue weighted by atomic mass is 19.1. The van der Waals surface area contributed by atoms with E-state index in [1.165, 1.54) is 18.2 Å². The molecule has 1 aliphatic heterocycles. The van der Waals surface area contributed by atoms with Crippen molar-refractivity contribution in [2.75, 3.05) is 26.3 Å². The highest BCUT2D eigenvalue weighted by molar-refractivity contribution is 5.66. The molecule has 1 aromatic rings. The van der Waals surface area contributed by atoms with E-state index >= 15 is 0 Å². The number of allylic oxidation sites excluding steroid dienone is 1. The van der Waals surface area contributed by atoms with Crippen molar-refractivity contribution in [1.29, 1.82) is 5.26 Å². The van der Waals surface area contributed by atoms with Gasteiger partial charge in [-0.25, -0.2) is 4.39 Å². The summed E-state index contributed by atoms with van der Waals surface area (Å²) in [5.41, 5.74) is 1.68. The first-order chi connectivity index (χ1) is 10.7. The average Bonchev–Trinajstić information content (AvgIpc) is 2.55. The molecule has 2 rings (SSSR count). The number of hydrogen-bond donors (Lipinski definition) is 1. The first-order valence-electron chi connectivity index (χ1n) is 7.57. The third-order valence-electron chi connectivity index (χ3n) is 3.78. The molecule has 1 aromatic carbocycles. The van der Waals surface area contributed by atoms with E-state index in [4.69, 9.17) is 15.1 Å². The Bertz CT molecular complexity index is 529. The van der Waals surface area contributed by atoms with Gasteiger partial charge in [0.1, 0.15) is 5.82 Å². The van der Waals surface area contributed by atoms with Crippen LogP contribution in [0.25, 0.3) is 5.70 Å². The SMILES string of the molecule is N#C/C=C(\c1ccc(F)cc1)N1CCC(OCCCO)CC1. The van der Waals surface area contributed by atoms with Crippen LogP contribution in [0.1, 0.15) is 24.8 Å². The minimum absolute atomic E-state index is 0.151. The van der Waals surface area contributed by atoms with Crippen molar-refractivity contribution in [1.82, 2.24) is 4.90 Å². The highest BCUT2D eigenvalue weighted by Crippen LogP contribution is 2.25. The fraction of sp³-hybridized carbons (Fsp3) is 0.471. The molecule has 0 aromatic heterocycles. The molecule has 22 heavy (non-hydrogen) atoms. The van der Waals surface area contributed by atoms with Gasteiger partial charge in [-0.3, -0.25) is 0 Å². The Hall–Kier alpha value is -1.90. The molecule has 1 heterocycles. The number of rotatable bonds is 6. The van der Waals surface area contributed by atoms with E-state index in [1.807, 2.05) is 0 Å². The Morgan fingerprint density at radius 1 is 1.36 bits per heavy atom. The molecule has 0 bridgehead atoms. The van der Waals surface area contributed by atoms with Crippen LogP contribution in [0.5, 0.6) is 0 Å². The van der Waals surface area contributed by atoms with Crippen molar-refractivity contribution < 1.29 is 14.2 Å². The van der Waals surface area contributed by atoms with Crippen molar-refractivity contribution >= 4 is 5.70 Å². The van der Waals surface area contributed by atoms with E-state index in [0.717, 1.165) is 37.2 Å². The fourth-order valence-corrected chi connectivity index (χ4v) is 2.62. The van der Waals surface area contributed by atoms with Crippen LogP contribution in [0.15, 0.2) is 30.3 Å². The largest absolute Gasteiger partial charge is 0.396 e. The van der Waals surface area contributed by atoms with E-state index in [0.29, 0.717) is 13.0 Å². The van der Waals surface area contributed by atoms with Gasteiger partial charge in [0.15, 0.2) is 0 Å². The smallest absolute Gasteiger partial charge is 0.123 e. The van der Waals surface area contributed by atoms with Crippen LogP contribution in [-0.2, 0) is 4.74 Å². The monoisotopic (exact) mass is 304 g/mol. The van der Waals surface area contributed by atoms with E-state index < -0.39 is 0 Å². The lowest BCUT2D eigenvalue weighted by molar-refractivity contribution is 0.0117. The summed E-state index contributed by atoms with van der Waals surface area (Å²) in [7, 11) is 0. The van der Waals surface area contributed by atoms with Gasteiger partial charge in [-0.05, 0) is 49.1 Å². The maximum atomic E-state index is 13.0. The number of piperidine rings is 1. The average molecular weight is 304 g/mol. The van der Waals surface area contributed by atoms with Gasteiger partial charge in [0.05, 0.1) is 17.9 Å². The summed E-state index contributed by atoms with van der Waals surface area (Å²) < 4.78 is 18.8. The number of halogens is 1. The third-order valence-corrected chi connectivity index (χ3v) is 3.78. The normalized spacial score (nSPS) is 16.6. The number of benzene rings is 1. The summed E-state index contributed by atoms with van der Waals surface area (Å²) in [4.78, 5) is 2.14. The van der Waals surface area contributed by atoms with E-state index in [-0.39, 0.29) is 18.5 Å². The standard InChI is InChI=1S/C17H21FN2O2/c18-15-4-2-14(3-5-15)17(6-9-19)20-10-7-16(8-11-20)22-13-1-12-21/h2-6,16,21H,1,7-8,10-13H2/b17-6+. The topological polar surface area (TPSA) is 56.5 Å². The van der Waals surface area contributed by atoms with Crippen LogP contribution in [0, 0.1) is 17.1 Å². The molecule has 4 nitrogen and oxygen atoms in total. The number of aliphatic hydroxyl groups is 1. The van der Waals surface area contributed by atoms with Gasteiger partial charge in [-0.15, -0.1) is 0 Å². The van der Waals surface area contributed by atoms with Crippen molar-refractivity contribution in [2.45, 2.75) is 25.4 Å². The second-order valence-corrected chi connectivity index (χ2v) is 5.30. The van der Waals surface area contributed by atoms with Gasteiger partial charge >= 0.3 is 0 Å². The van der Waals surface area contributed by atoms with Gasteiger partial charge in [0, 0.05) is 32.4 Å². The van der Waals surface area contributed by atoms with Crippen molar-refractivity contribution in [3.63, 3.8) is 0 Å². The summed E-state index contributed by atoms with van der Waals surface area (Å²) in [5.74, 6) is -0.281. The molecule has 0 unspecified atom stereocenters. The quantitative estimate of drug-likeness (QED) is 0.648. The Labute approximate surface area is 130 Å². The first kappa shape index (κ1) is 16.5. The first-order valence-corrected chi connectivity index (χ1v) is 7.57. The number of nitrogens with zero attached hydrogens (tertiary/aromatic N) is 2. The van der Waals surface area contributed by atoms with E-state index in [1.54, 1.807) is 12.1 Å². The Morgan fingerprint density at radius 3 is 2.64 bits per heavy atom. The molecule has 0 atom stereocenters. The van der Waals surface area contributed by atoms with Crippen molar-refractivity contribution in [3.8, 4) is 6.07 Å². The van der Waals surface area contributed by atoms with Gasteiger partial charge in [0.25, 0.3) is 0 Å². The maximum Gasteiger partial charge on any atom is 0.123 e. The fourth-order valence-electron chi connectivity index (χ4n) is 2.62. The minimum atomic E-state index is -0.281. The second kappa shape index (κ2) is 8.52. The molecular weight excluding hydrogens is 283 g/mol. The Morgan fingerprint density at radius 2 is 2.05 bits per heavy atom. The zero-order valence-corrected chi connectivity index (χ0v) is 12.5. The molecule has 0 spiro atoms. The number of ether oxygens (including phenoxy) is 1. The highest BCUT2D eigenvalue weighted by Gasteiger charge is 2.21. The number of hydrogen-bond acceptors (Lipinski definition) is 4. The number of likely N-dealkylation sites (tertiary alicyclic amines) is 1. The molecule has 1 fully saturated rings. The van der Waals surface area contributed by atoms with Crippen molar-refractivity contribution in [3.05, 3.63) is 41.7 Å². The summed E-state index contributed by atoms with van der Waals surface area (Å²) in [6.07, 6.45) is 4.15. The Balaban J connectivity index is 1.96. The van der Waals surface area contributed by atoms with Crippen molar-refractivity contribution in [2.24, 2.45) is 0 Å². The van der Waals surface area contributed by atoms with Gasteiger partial charge in [0.2, 0.25) is 0 Å². The van der Waals surface area contributed by atoms with Crippen LogP contribution in [-0.4, -0.2) is 42.4 Å². The predicted octanol–water partition coefficient (Wildman–Crippen LogP) is 2.55. The molecule has 0 aliphatic carbocycles. The lowest BCUT2D eigenvalue weighted by atomic mass is 10.0. The summed E-state index contributed by atoms with van der Waals surface area (Å²) in [6, 6.07) is 8.28. The molecule has 0 amide bonds. The summed E-state index contributed by atoms with van der Waals surface area (Å²) in [5, 5.41) is 17.8. The van der Waals surface area contributed by atoms with Gasteiger partial charge < -0.3 is 14.7 Å². The molecule has 1 N–H and O–H groups in total. The van der Waals surface area contributed by atoms with E-state index in [9.17, 15) is 4.39 Å². The molecule has 1 saturated heterocycles. The Kier molecular flexibility index (Phi) is 6.38. The second-order valence-electron chi connectivity index (χ2n) is 5.30. The van der Waals surface area contributed by atoms with E-state index in [2.05, 4.69) is 11.0 Å². The van der Waals surface area contributed by atoms with Gasteiger partial charge in [-0.1, -0.05) is 0 Å². The summed E-state index contributed by atoms with van der Waals surface area (Å²) >= 11 is 0. The van der Waals surface area contributed by atoms with Crippen LogP contribution in [0.4, 0.5) is 4.39 Å². The molecule has 0 radical (unpaired) electrons. The molecule has 5 heteroatoms. The molecule has 1 aliphatic rings. The van der Waals surface area contributed by atoms with Gasteiger partial charge in [-0.2, -0.15) is 5.26 Å². The van der Waals surface area contributed by atoms with Crippen LogP contribution in [0.3, 0.4) is 0 Å². The number of aliphatic hydroxyl groups excluding tert-OH is 1. The van der Waals surface area contributed by atoms with Crippen LogP contribution >= 0.6 is 0 Å². The van der Waals surface area contributed by atoms with Crippen LogP contribution < -0.4 is 0 Å². The lowest BCUT2D eigenvalue weighted by Gasteiger charge is -2.35. The van der Waals surface area contributed by atoms with Crippen LogP contribution in [0.2, 0.25) is 0 Å². The molecular formula is C17H21FN2O2. The minimum Gasteiger partial charge on any atom is -0.396 e. The zero-order valence-electron chi connectivity index (χ0n) is 12.5. The predicted molar refractivity (Wildman–Crippen MR) is 82.2 cm³/mol. The maximum absolute atomic E-state index is 13.0.